The van der Waals surface area contributed by atoms with E-state index in [1.807, 2.05) is 6.92 Å². The van der Waals surface area contributed by atoms with Crippen molar-refractivity contribution in [2.45, 2.75) is 13.8 Å². The number of aryl methyl sites for hydroxylation is 1. The maximum Gasteiger partial charge on any atom is 0.302 e. The highest BCUT2D eigenvalue weighted by Crippen LogP contribution is 2.32. The zero-order valence-electron chi connectivity index (χ0n) is 10.5. The van der Waals surface area contributed by atoms with Crippen LogP contribution in [0.5, 0.6) is 11.5 Å². The van der Waals surface area contributed by atoms with Crippen LogP contribution in [0.3, 0.4) is 0 Å². The van der Waals surface area contributed by atoms with Gasteiger partial charge in [-0.2, -0.15) is 0 Å². The number of aromatic hydroxyl groups is 1. The van der Waals surface area contributed by atoms with Gasteiger partial charge in [0.05, 0.1) is 7.11 Å². The number of phenols is 1. The van der Waals surface area contributed by atoms with Crippen LogP contribution in [0.25, 0.3) is 5.57 Å². The van der Waals surface area contributed by atoms with E-state index in [2.05, 4.69) is 0 Å². The van der Waals surface area contributed by atoms with Crippen molar-refractivity contribution in [1.82, 2.24) is 0 Å². The molecule has 0 spiro atoms. The molecule has 0 amide bonds. The minimum absolute atomic E-state index is 0.00138. The quantitative estimate of drug-likeness (QED) is 0.855. The maximum atomic E-state index is 10.8. The fourth-order valence-electron chi connectivity index (χ4n) is 1.50. The van der Waals surface area contributed by atoms with Crippen molar-refractivity contribution in [1.29, 1.82) is 0 Å². The van der Waals surface area contributed by atoms with E-state index in [1.54, 1.807) is 19.2 Å². The average Bonchev–Trinajstić information content (AvgIpc) is 2.31. The number of ether oxygens (including phenoxy) is 2. The molecule has 0 bridgehead atoms. The molecule has 0 unspecified atom stereocenters. The van der Waals surface area contributed by atoms with Crippen LogP contribution in [0.2, 0.25) is 0 Å². The van der Waals surface area contributed by atoms with E-state index < -0.39 is 5.97 Å². The first-order valence-electron chi connectivity index (χ1n) is 5.30. The molecule has 1 N–H and O–H groups in total. The molecule has 98 valence electrons. The van der Waals surface area contributed by atoms with Crippen LogP contribution in [0, 0.1) is 6.92 Å². The van der Waals surface area contributed by atoms with Crippen LogP contribution in [0.4, 0.5) is 0 Å². The van der Waals surface area contributed by atoms with E-state index in [9.17, 15) is 9.90 Å². The lowest BCUT2D eigenvalue weighted by atomic mass is 10.0. The topological polar surface area (TPSA) is 55.8 Å². The van der Waals surface area contributed by atoms with Gasteiger partial charge in [-0.3, -0.25) is 4.79 Å². The Balaban J connectivity index is 3.10. The summed E-state index contributed by atoms with van der Waals surface area (Å²) in [5.41, 5.74) is 3.06. The molecular formula is C13H15ClO4. The molecule has 1 rings (SSSR count). The third kappa shape index (κ3) is 3.40. The fourth-order valence-corrected chi connectivity index (χ4v) is 1.68. The monoisotopic (exact) mass is 270 g/mol. The van der Waals surface area contributed by atoms with Gasteiger partial charge < -0.3 is 14.6 Å². The van der Waals surface area contributed by atoms with Crippen molar-refractivity contribution in [3.8, 4) is 11.5 Å². The van der Waals surface area contributed by atoms with Gasteiger partial charge in [-0.25, -0.2) is 0 Å². The SMILES string of the molecule is COc1cc(C(=CCl)COC(C)=O)c(O)cc1C. The molecule has 4 nitrogen and oxygen atoms in total. The summed E-state index contributed by atoms with van der Waals surface area (Å²) < 4.78 is 10.0. The third-order valence-corrected chi connectivity index (χ3v) is 2.69. The van der Waals surface area contributed by atoms with Gasteiger partial charge in [0, 0.05) is 23.6 Å². The van der Waals surface area contributed by atoms with E-state index in [0.717, 1.165) is 5.56 Å². The zero-order chi connectivity index (χ0) is 13.7. The van der Waals surface area contributed by atoms with Gasteiger partial charge in [0.15, 0.2) is 0 Å². The molecule has 1 aromatic carbocycles. The second-order valence-corrected chi connectivity index (χ2v) is 3.97. The molecule has 0 fully saturated rings. The summed E-state index contributed by atoms with van der Waals surface area (Å²) in [6, 6.07) is 3.23. The number of carbonyl (C=O) groups excluding carboxylic acids is 1. The number of halogens is 1. The second kappa shape index (κ2) is 6.31. The number of benzene rings is 1. The van der Waals surface area contributed by atoms with Gasteiger partial charge in [-0.15, -0.1) is 0 Å². The predicted molar refractivity (Wildman–Crippen MR) is 69.9 cm³/mol. The fraction of sp³-hybridized carbons (Fsp3) is 0.308. The highest BCUT2D eigenvalue weighted by Gasteiger charge is 2.12. The minimum atomic E-state index is -0.412. The van der Waals surface area contributed by atoms with Crippen LogP contribution in [0.1, 0.15) is 18.1 Å². The molecule has 0 saturated carbocycles. The van der Waals surface area contributed by atoms with Gasteiger partial charge in [-0.05, 0) is 24.6 Å². The Labute approximate surface area is 111 Å². The number of hydrogen-bond donors (Lipinski definition) is 1. The highest BCUT2D eigenvalue weighted by molar-refractivity contribution is 6.28. The molecule has 0 aliphatic heterocycles. The molecule has 0 aliphatic carbocycles. The lowest BCUT2D eigenvalue weighted by molar-refractivity contribution is -0.139. The van der Waals surface area contributed by atoms with Gasteiger partial charge in [0.25, 0.3) is 0 Å². The lowest BCUT2D eigenvalue weighted by Gasteiger charge is -2.12. The molecule has 0 aliphatic rings. The summed E-state index contributed by atoms with van der Waals surface area (Å²) in [5.74, 6) is 0.276. The number of phenolic OH excluding ortho intramolecular Hbond substituents is 1. The van der Waals surface area contributed by atoms with E-state index in [-0.39, 0.29) is 12.4 Å². The lowest BCUT2D eigenvalue weighted by Crippen LogP contribution is -2.03. The largest absolute Gasteiger partial charge is 0.507 e. The Morgan fingerprint density at radius 3 is 2.67 bits per heavy atom. The van der Waals surface area contributed by atoms with Crippen molar-refractivity contribution < 1.29 is 19.4 Å². The molecule has 1 aromatic rings. The Kier molecular flexibility index (Phi) is 5.04. The number of carbonyl (C=O) groups is 1. The predicted octanol–water partition coefficient (Wildman–Crippen LogP) is 2.85. The van der Waals surface area contributed by atoms with Crippen LogP contribution in [0.15, 0.2) is 17.7 Å². The summed E-state index contributed by atoms with van der Waals surface area (Å²) in [6.45, 7) is 3.12. The van der Waals surface area contributed by atoms with Crippen LogP contribution < -0.4 is 4.74 Å². The summed E-state index contributed by atoms with van der Waals surface area (Å²) in [7, 11) is 1.54. The van der Waals surface area contributed by atoms with E-state index in [1.165, 1.54) is 12.5 Å². The van der Waals surface area contributed by atoms with Crippen molar-refractivity contribution in [2.24, 2.45) is 0 Å². The van der Waals surface area contributed by atoms with Gasteiger partial charge in [-0.1, -0.05) is 11.6 Å². The van der Waals surface area contributed by atoms with Crippen LogP contribution in [-0.2, 0) is 9.53 Å². The molecule has 0 radical (unpaired) electrons. The van der Waals surface area contributed by atoms with Crippen molar-refractivity contribution in [3.63, 3.8) is 0 Å². The van der Waals surface area contributed by atoms with E-state index >= 15 is 0 Å². The summed E-state index contributed by atoms with van der Waals surface area (Å²) in [6.07, 6.45) is 0. The first kappa shape index (κ1) is 14.4. The smallest absolute Gasteiger partial charge is 0.302 e. The Hall–Kier alpha value is -1.68. The molecular weight excluding hydrogens is 256 g/mol. The van der Waals surface area contributed by atoms with Gasteiger partial charge >= 0.3 is 5.97 Å². The Bertz CT molecular complexity index is 480. The standard InChI is InChI=1S/C13H15ClO4/c1-8-4-12(16)11(5-13(8)17-3)10(6-14)7-18-9(2)15/h4-6,16H,7H2,1-3H3. The summed E-state index contributed by atoms with van der Waals surface area (Å²) in [5, 5.41) is 9.88. The minimum Gasteiger partial charge on any atom is -0.507 e. The molecule has 0 aromatic heterocycles. The highest BCUT2D eigenvalue weighted by atomic mass is 35.5. The van der Waals surface area contributed by atoms with Crippen molar-refractivity contribution >= 4 is 23.1 Å². The van der Waals surface area contributed by atoms with Crippen LogP contribution in [-0.4, -0.2) is 24.8 Å². The molecule has 5 heteroatoms. The third-order valence-electron chi connectivity index (χ3n) is 2.42. The molecule has 0 atom stereocenters. The number of rotatable bonds is 4. The Morgan fingerprint density at radius 2 is 2.17 bits per heavy atom. The maximum absolute atomic E-state index is 10.8. The molecule has 0 saturated heterocycles. The van der Waals surface area contributed by atoms with Crippen molar-refractivity contribution in [3.05, 3.63) is 28.8 Å². The number of hydrogen-bond acceptors (Lipinski definition) is 4. The zero-order valence-corrected chi connectivity index (χ0v) is 11.2. The molecule has 0 heterocycles. The number of methoxy groups -OCH3 is 1. The average molecular weight is 271 g/mol. The van der Waals surface area contributed by atoms with Crippen molar-refractivity contribution in [2.75, 3.05) is 13.7 Å². The second-order valence-electron chi connectivity index (χ2n) is 3.75. The summed E-state index contributed by atoms with van der Waals surface area (Å²) in [4.78, 5) is 10.8. The molecule has 18 heavy (non-hydrogen) atoms. The van der Waals surface area contributed by atoms with Gasteiger partial charge in [0.1, 0.15) is 18.1 Å². The first-order valence-corrected chi connectivity index (χ1v) is 5.73. The van der Waals surface area contributed by atoms with E-state index in [0.29, 0.717) is 16.9 Å². The van der Waals surface area contributed by atoms with Crippen LogP contribution >= 0.6 is 11.6 Å². The first-order chi connectivity index (χ1) is 8.49. The van der Waals surface area contributed by atoms with Gasteiger partial charge in [0.2, 0.25) is 0 Å². The normalized spacial score (nSPS) is 11.2. The van der Waals surface area contributed by atoms with E-state index in [4.69, 9.17) is 21.1 Å². The summed E-state index contributed by atoms with van der Waals surface area (Å²) >= 11 is 5.69. The number of esters is 1. The Morgan fingerprint density at radius 1 is 1.50 bits per heavy atom.